The predicted octanol–water partition coefficient (Wildman–Crippen LogP) is 3.09. The Morgan fingerprint density at radius 3 is 2.38 bits per heavy atom. The van der Waals surface area contributed by atoms with Gasteiger partial charge in [-0.25, -0.2) is 0 Å². The molecule has 0 saturated heterocycles. The molecule has 3 nitrogen and oxygen atoms in total. The van der Waals surface area contributed by atoms with Crippen LogP contribution in [0.15, 0.2) is 48.5 Å². The fourth-order valence-corrected chi connectivity index (χ4v) is 3.23. The second kappa shape index (κ2) is 4.78. The van der Waals surface area contributed by atoms with Gasteiger partial charge in [-0.15, -0.1) is 0 Å². The van der Waals surface area contributed by atoms with Gasteiger partial charge in [0.05, 0.1) is 0 Å². The van der Waals surface area contributed by atoms with Crippen LogP contribution >= 0.6 is 0 Å². The topological polar surface area (TPSA) is 38.7 Å². The van der Waals surface area contributed by atoms with Crippen molar-refractivity contribution in [1.29, 1.82) is 0 Å². The van der Waals surface area contributed by atoms with Gasteiger partial charge in [-0.3, -0.25) is 0 Å². The molecule has 0 amide bonds. The van der Waals surface area contributed by atoms with Gasteiger partial charge in [-0.2, -0.15) is 0 Å². The van der Waals surface area contributed by atoms with Crippen LogP contribution in [0.2, 0.25) is 0 Å². The number of hydrogen-bond donors (Lipinski definition) is 1. The predicted molar refractivity (Wildman–Crippen MR) is 79.5 cm³/mol. The molecule has 0 spiro atoms. The first kappa shape index (κ1) is 12.7. The van der Waals surface area contributed by atoms with Crippen LogP contribution in [0.5, 0.6) is 11.5 Å². The molecule has 21 heavy (non-hydrogen) atoms. The Hall–Kier alpha value is -2.00. The molecule has 2 aromatic carbocycles. The second-order valence-corrected chi connectivity index (χ2v) is 5.81. The minimum atomic E-state index is -1.23. The number of hydrogen-bond acceptors (Lipinski definition) is 3. The Labute approximate surface area is 124 Å². The highest BCUT2D eigenvalue weighted by Crippen LogP contribution is 2.38. The zero-order valence-corrected chi connectivity index (χ0v) is 11.8. The van der Waals surface area contributed by atoms with Crippen LogP contribution in [0.1, 0.15) is 24.0 Å². The van der Waals surface area contributed by atoms with E-state index >= 15 is 0 Å². The average Bonchev–Trinajstić information content (AvgIpc) is 2.54. The summed E-state index contributed by atoms with van der Waals surface area (Å²) < 4.78 is 11.9. The number of aryl methyl sites for hydroxylation is 2. The summed E-state index contributed by atoms with van der Waals surface area (Å²) in [5.41, 5.74) is 2.35. The number of aliphatic hydroxyl groups is 1. The summed E-state index contributed by atoms with van der Waals surface area (Å²) in [5, 5.41) is 10.9. The van der Waals surface area contributed by atoms with Gasteiger partial charge >= 0.3 is 0 Å². The summed E-state index contributed by atoms with van der Waals surface area (Å²) in [6, 6.07) is 15.9. The molecule has 2 aliphatic rings. The van der Waals surface area contributed by atoms with Crippen LogP contribution in [-0.4, -0.2) is 17.0 Å². The molecule has 0 aromatic heterocycles. The largest absolute Gasteiger partial charge is 0.483 e. The molecule has 2 atom stereocenters. The van der Waals surface area contributed by atoms with E-state index in [1.807, 2.05) is 42.5 Å². The summed E-state index contributed by atoms with van der Waals surface area (Å²) in [6.07, 6.45) is 2.75. The van der Waals surface area contributed by atoms with E-state index in [2.05, 4.69) is 6.07 Å². The first-order chi connectivity index (χ1) is 10.2. The summed E-state index contributed by atoms with van der Waals surface area (Å²) in [6.45, 7) is 0. The molecule has 0 saturated carbocycles. The summed E-state index contributed by atoms with van der Waals surface area (Å²) in [4.78, 5) is 0. The molecule has 0 aliphatic carbocycles. The highest BCUT2D eigenvalue weighted by Gasteiger charge is 2.44. The molecule has 0 bridgehead atoms. The van der Waals surface area contributed by atoms with Gasteiger partial charge in [0.2, 0.25) is 5.79 Å². The average molecular weight is 282 g/mol. The standard InChI is InChI=1S/C18H18O3/c19-18(12-11-14-6-2-4-8-16(14)21-18)17-10-9-13-5-1-3-7-15(13)20-17/h1-8,17,19H,9-12H2. The molecule has 0 fully saturated rings. The molecule has 2 aromatic rings. The van der Waals surface area contributed by atoms with Crippen LogP contribution in [0.4, 0.5) is 0 Å². The normalized spacial score (nSPS) is 27.0. The zero-order valence-electron chi connectivity index (χ0n) is 11.8. The van der Waals surface area contributed by atoms with Crippen molar-refractivity contribution in [3.05, 3.63) is 59.7 Å². The highest BCUT2D eigenvalue weighted by molar-refractivity contribution is 5.38. The van der Waals surface area contributed by atoms with E-state index in [1.165, 1.54) is 5.56 Å². The number of ether oxygens (including phenoxy) is 2. The van der Waals surface area contributed by atoms with E-state index < -0.39 is 5.79 Å². The first-order valence-corrected chi connectivity index (χ1v) is 7.48. The fourth-order valence-electron chi connectivity index (χ4n) is 3.23. The molecule has 2 unspecified atom stereocenters. The van der Waals surface area contributed by atoms with Crippen molar-refractivity contribution in [3.8, 4) is 11.5 Å². The highest BCUT2D eigenvalue weighted by atomic mass is 16.7. The van der Waals surface area contributed by atoms with Gasteiger partial charge in [0, 0.05) is 6.42 Å². The van der Waals surface area contributed by atoms with E-state index in [1.54, 1.807) is 0 Å². The smallest absolute Gasteiger partial charge is 0.245 e. The lowest BCUT2D eigenvalue weighted by atomic mass is 9.91. The van der Waals surface area contributed by atoms with Crippen LogP contribution in [0.3, 0.4) is 0 Å². The van der Waals surface area contributed by atoms with Gasteiger partial charge in [-0.1, -0.05) is 36.4 Å². The third-order valence-electron chi connectivity index (χ3n) is 4.43. The minimum Gasteiger partial charge on any atom is -0.483 e. The summed E-state index contributed by atoms with van der Waals surface area (Å²) in [7, 11) is 0. The maximum atomic E-state index is 10.9. The van der Waals surface area contributed by atoms with Crippen molar-refractivity contribution in [2.24, 2.45) is 0 Å². The molecule has 3 heteroatoms. The Balaban J connectivity index is 1.60. The van der Waals surface area contributed by atoms with E-state index in [0.29, 0.717) is 6.42 Å². The number of rotatable bonds is 1. The van der Waals surface area contributed by atoms with E-state index in [4.69, 9.17) is 9.47 Å². The molecule has 4 rings (SSSR count). The summed E-state index contributed by atoms with van der Waals surface area (Å²) in [5.74, 6) is 0.403. The molecular weight excluding hydrogens is 264 g/mol. The van der Waals surface area contributed by atoms with Crippen molar-refractivity contribution in [3.63, 3.8) is 0 Å². The fraction of sp³-hybridized carbons (Fsp3) is 0.333. The maximum Gasteiger partial charge on any atom is 0.245 e. The lowest BCUT2D eigenvalue weighted by Gasteiger charge is -2.41. The van der Waals surface area contributed by atoms with Crippen molar-refractivity contribution in [2.45, 2.75) is 37.6 Å². The maximum absolute atomic E-state index is 10.9. The number of benzene rings is 2. The Morgan fingerprint density at radius 1 is 0.905 bits per heavy atom. The third-order valence-corrected chi connectivity index (χ3v) is 4.43. The molecule has 1 N–H and O–H groups in total. The third kappa shape index (κ3) is 2.18. The number of fused-ring (bicyclic) bond motifs is 2. The van der Waals surface area contributed by atoms with Crippen LogP contribution in [-0.2, 0) is 12.8 Å². The SMILES string of the molecule is OC1(C2CCc3ccccc3O2)CCc2ccccc2O1. The first-order valence-electron chi connectivity index (χ1n) is 7.48. The van der Waals surface area contributed by atoms with E-state index in [9.17, 15) is 5.11 Å². The second-order valence-electron chi connectivity index (χ2n) is 5.81. The van der Waals surface area contributed by atoms with Gasteiger partial charge in [0.15, 0.2) is 6.10 Å². The molecular formula is C18H18O3. The van der Waals surface area contributed by atoms with Crippen LogP contribution in [0.25, 0.3) is 0 Å². The van der Waals surface area contributed by atoms with Crippen molar-refractivity contribution >= 4 is 0 Å². The lowest BCUT2D eigenvalue weighted by molar-refractivity contribution is -0.210. The van der Waals surface area contributed by atoms with Gasteiger partial charge < -0.3 is 14.6 Å². The Kier molecular flexibility index (Phi) is 2.89. The quantitative estimate of drug-likeness (QED) is 0.873. The van der Waals surface area contributed by atoms with Gasteiger partial charge in [-0.05, 0) is 42.5 Å². The van der Waals surface area contributed by atoms with Gasteiger partial charge in [0.25, 0.3) is 0 Å². The van der Waals surface area contributed by atoms with Crippen LogP contribution in [0, 0.1) is 0 Å². The molecule has 0 radical (unpaired) electrons. The van der Waals surface area contributed by atoms with Crippen molar-refractivity contribution < 1.29 is 14.6 Å². The Bertz CT molecular complexity index is 667. The summed E-state index contributed by atoms with van der Waals surface area (Å²) >= 11 is 0. The van der Waals surface area contributed by atoms with E-state index in [0.717, 1.165) is 36.3 Å². The molecule has 2 aliphatic heterocycles. The molecule has 108 valence electrons. The zero-order chi connectivity index (χ0) is 14.3. The van der Waals surface area contributed by atoms with Gasteiger partial charge in [0.1, 0.15) is 11.5 Å². The van der Waals surface area contributed by atoms with Crippen LogP contribution < -0.4 is 9.47 Å². The van der Waals surface area contributed by atoms with Crippen molar-refractivity contribution in [1.82, 2.24) is 0 Å². The van der Waals surface area contributed by atoms with E-state index in [-0.39, 0.29) is 6.10 Å². The Morgan fingerprint density at radius 2 is 1.57 bits per heavy atom. The van der Waals surface area contributed by atoms with Crippen molar-refractivity contribution in [2.75, 3.05) is 0 Å². The number of para-hydroxylation sites is 2. The lowest BCUT2D eigenvalue weighted by Crippen LogP contribution is -2.53. The monoisotopic (exact) mass is 282 g/mol. The minimum absolute atomic E-state index is 0.319. The molecule has 2 heterocycles.